The molecule has 92 valence electrons. The normalized spacial score (nSPS) is 12.8. The van der Waals surface area contributed by atoms with E-state index in [4.69, 9.17) is 0 Å². The van der Waals surface area contributed by atoms with E-state index in [1.807, 2.05) is 24.6 Å². The zero-order valence-corrected chi connectivity index (χ0v) is 10.5. The second kappa shape index (κ2) is 5.90. The highest BCUT2D eigenvalue weighted by molar-refractivity contribution is 7.10. The van der Waals surface area contributed by atoms with E-state index in [2.05, 4.69) is 15.4 Å². The second-order valence-electron chi connectivity index (χ2n) is 3.82. The van der Waals surface area contributed by atoms with Crippen LogP contribution < -0.4 is 5.32 Å². The van der Waals surface area contributed by atoms with Crippen LogP contribution in [0.4, 0.5) is 0 Å². The van der Waals surface area contributed by atoms with Crippen molar-refractivity contribution in [2.75, 3.05) is 13.1 Å². The quantitative estimate of drug-likeness (QED) is 0.744. The van der Waals surface area contributed by atoms with Crippen molar-refractivity contribution < 1.29 is 5.11 Å². The fourth-order valence-corrected chi connectivity index (χ4v) is 2.23. The van der Waals surface area contributed by atoms with E-state index in [9.17, 15) is 5.11 Å². The van der Waals surface area contributed by atoms with Gasteiger partial charge in [-0.25, -0.2) is 4.98 Å². The van der Waals surface area contributed by atoms with Crippen molar-refractivity contribution in [2.24, 2.45) is 7.05 Å². The molecule has 0 amide bonds. The lowest BCUT2D eigenvalue weighted by atomic mass is 10.3. The summed E-state index contributed by atoms with van der Waals surface area (Å²) in [6.45, 7) is 1.33. The molecule has 0 fully saturated rings. The molecule has 1 unspecified atom stereocenters. The monoisotopic (exact) mass is 252 g/mol. The molecule has 0 aliphatic heterocycles. The van der Waals surface area contributed by atoms with Gasteiger partial charge in [0.15, 0.2) is 5.82 Å². The summed E-state index contributed by atoms with van der Waals surface area (Å²) >= 11 is 1.57. The zero-order valence-electron chi connectivity index (χ0n) is 9.71. The maximum Gasteiger partial charge on any atom is 0.151 e. The number of hydrogen-bond acceptors (Lipinski definition) is 5. The molecule has 2 rings (SSSR count). The van der Waals surface area contributed by atoms with E-state index in [0.29, 0.717) is 6.54 Å². The van der Waals surface area contributed by atoms with E-state index in [1.54, 1.807) is 22.3 Å². The lowest BCUT2D eigenvalue weighted by Crippen LogP contribution is -2.23. The van der Waals surface area contributed by atoms with Crippen LogP contribution >= 0.6 is 11.3 Å². The molecule has 0 aliphatic carbocycles. The van der Waals surface area contributed by atoms with Crippen molar-refractivity contribution in [1.29, 1.82) is 0 Å². The van der Waals surface area contributed by atoms with E-state index >= 15 is 0 Å². The van der Waals surface area contributed by atoms with E-state index in [0.717, 1.165) is 23.7 Å². The SMILES string of the molecule is Cn1cnc(CCNCC(O)c2cccs2)n1. The number of thiophene rings is 1. The first-order valence-corrected chi connectivity index (χ1v) is 6.40. The third-order valence-electron chi connectivity index (χ3n) is 2.38. The molecule has 0 bridgehead atoms. The van der Waals surface area contributed by atoms with Gasteiger partial charge in [-0.2, -0.15) is 5.10 Å². The predicted molar refractivity (Wildman–Crippen MR) is 66.9 cm³/mol. The van der Waals surface area contributed by atoms with Crippen molar-refractivity contribution in [1.82, 2.24) is 20.1 Å². The van der Waals surface area contributed by atoms with Crippen molar-refractivity contribution in [3.8, 4) is 0 Å². The first-order chi connectivity index (χ1) is 8.25. The third-order valence-corrected chi connectivity index (χ3v) is 3.36. The number of aromatic nitrogens is 3. The maximum absolute atomic E-state index is 9.82. The highest BCUT2D eigenvalue weighted by Crippen LogP contribution is 2.17. The Balaban J connectivity index is 1.66. The molecule has 1 atom stereocenters. The summed E-state index contributed by atoms with van der Waals surface area (Å²) in [4.78, 5) is 5.13. The Kier molecular flexibility index (Phi) is 4.24. The van der Waals surface area contributed by atoms with Crippen molar-refractivity contribution in [3.05, 3.63) is 34.5 Å². The van der Waals surface area contributed by atoms with Gasteiger partial charge in [-0.1, -0.05) is 6.07 Å². The van der Waals surface area contributed by atoms with Gasteiger partial charge in [0.05, 0.1) is 0 Å². The molecule has 2 heterocycles. The molecule has 0 saturated heterocycles. The molecule has 2 aromatic rings. The van der Waals surface area contributed by atoms with Crippen LogP contribution in [0.2, 0.25) is 0 Å². The number of hydrogen-bond donors (Lipinski definition) is 2. The lowest BCUT2D eigenvalue weighted by Gasteiger charge is -2.09. The third kappa shape index (κ3) is 3.62. The second-order valence-corrected chi connectivity index (χ2v) is 4.80. The average molecular weight is 252 g/mol. The maximum atomic E-state index is 9.82. The van der Waals surface area contributed by atoms with E-state index in [1.165, 1.54) is 0 Å². The smallest absolute Gasteiger partial charge is 0.151 e. The average Bonchev–Trinajstić information content (AvgIpc) is 2.95. The van der Waals surface area contributed by atoms with Crippen molar-refractivity contribution in [3.63, 3.8) is 0 Å². The molecule has 2 aromatic heterocycles. The van der Waals surface area contributed by atoms with Gasteiger partial charge < -0.3 is 10.4 Å². The Morgan fingerprint density at radius 3 is 3.12 bits per heavy atom. The van der Waals surface area contributed by atoms with Gasteiger partial charge in [0.2, 0.25) is 0 Å². The molecule has 6 heteroatoms. The minimum absolute atomic E-state index is 0.424. The number of nitrogens with one attached hydrogen (secondary N) is 1. The first kappa shape index (κ1) is 12.2. The summed E-state index contributed by atoms with van der Waals surface area (Å²) in [7, 11) is 1.85. The van der Waals surface area contributed by atoms with Gasteiger partial charge in [0.25, 0.3) is 0 Å². The summed E-state index contributed by atoms with van der Waals surface area (Å²) in [5, 5.41) is 19.2. The Labute approximate surface area is 104 Å². The molecule has 2 N–H and O–H groups in total. The zero-order chi connectivity index (χ0) is 12.1. The largest absolute Gasteiger partial charge is 0.386 e. The Morgan fingerprint density at radius 1 is 1.59 bits per heavy atom. The number of aryl methyl sites for hydroxylation is 1. The molecular formula is C11H16N4OS. The Hall–Kier alpha value is -1.24. The van der Waals surface area contributed by atoms with E-state index in [-0.39, 0.29) is 0 Å². The molecule has 0 aliphatic rings. The predicted octanol–water partition coefficient (Wildman–Crippen LogP) is 0.742. The molecule has 0 aromatic carbocycles. The molecule has 5 nitrogen and oxygen atoms in total. The van der Waals surface area contributed by atoms with E-state index < -0.39 is 6.10 Å². The van der Waals surface area contributed by atoms with Gasteiger partial charge in [0, 0.05) is 31.4 Å². The summed E-state index contributed by atoms with van der Waals surface area (Å²) < 4.78 is 1.69. The number of rotatable bonds is 6. The van der Waals surface area contributed by atoms with Crippen LogP contribution in [0.15, 0.2) is 23.8 Å². The molecule has 17 heavy (non-hydrogen) atoms. The number of nitrogens with zero attached hydrogens (tertiary/aromatic N) is 3. The number of aliphatic hydroxyl groups excluding tert-OH is 1. The van der Waals surface area contributed by atoms with Crippen molar-refractivity contribution in [2.45, 2.75) is 12.5 Å². The molecular weight excluding hydrogens is 236 g/mol. The van der Waals surface area contributed by atoms with Crippen LogP contribution in [0.1, 0.15) is 16.8 Å². The highest BCUT2D eigenvalue weighted by Gasteiger charge is 2.07. The summed E-state index contributed by atoms with van der Waals surface area (Å²) in [5.74, 6) is 0.825. The van der Waals surface area contributed by atoms with Crippen LogP contribution in [-0.2, 0) is 13.5 Å². The summed E-state index contributed by atoms with van der Waals surface area (Å²) in [6.07, 6.45) is 2.04. The fourth-order valence-electron chi connectivity index (χ4n) is 1.52. The van der Waals surface area contributed by atoms with Crippen LogP contribution in [0, 0.1) is 0 Å². The van der Waals surface area contributed by atoms with Gasteiger partial charge in [-0.05, 0) is 11.4 Å². The van der Waals surface area contributed by atoms with Crippen molar-refractivity contribution >= 4 is 11.3 Å². The Bertz CT molecular complexity index is 440. The summed E-state index contributed by atoms with van der Waals surface area (Å²) in [6, 6.07) is 3.89. The molecule has 0 radical (unpaired) electrons. The highest BCUT2D eigenvalue weighted by atomic mass is 32.1. The first-order valence-electron chi connectivity index (χ1n) is 5.52. The van der Waals surface area contributed by atoms with Crippen LogP contribution in [0.5, 0.6) is 0 Å². The minimum Gasteiger partial charge on any atom is -0.386 e. The van der Waals surface area contributed by atoms with Gasteiger partial charge in [-0.3, -0.25) is 4.68 Å². The topological polar surface area (TPSA) is 63.0 Å². The Morgan fingerprint density at radius 2 is 2.47 bits per heavy atom. The standard InChI is InChI=1S/C11H16N4OS/c1-15-8-13-11(14-15)4-5-12-7-9(16)10-3-2-6-17-10/h2-3,6,8-9,12,16H,4-5,7H2,1H3. The molecule has 0 spiro atoms. The minimum atomic E-state index is -0.424. The van der Waals surface area contributed by atoms with Crippen LogP contribution in [-0.4, -0.2) is 33.0 Å². The van der Waals surface area contributed by atoms with Crippen LogP contribution in [0.3, 0.4) is 0 Å². The van der Waals surface area contributed by atoms with Gasteiger partial charge in [-0.15, -0.1) is 11.3 Å². The van der Waals surface area contributed by atoms with Gasteiger partial charge in [0.1, 0.15) is 12.4 Å². The van der Waals surface area contributed by atoms with Gasteiger partial charge >= 0.3 is 0 Å². The van der Waals surface area contributed by atoms with Crippen LogP contribution in [0.25, 0.3) is 0 Å². The fraction of sp³-hybridized carbons (Fsp3) is 0.455. The lowest BCUT2D eigenvalue weighted by molar-refractivity contribution is 0.179. The molecule has 0 saturated carbocycles. The summed E-state index contributed by atoms with van der Waals surface area (Å²) in [5.41, 5.74) is 0. The number of aliphatic hydroxyl groups is 1.